The summed E-state index contributed by atoms with van der Waals surface area (Å²) in [4.78, 5) is 29.5. The molecule has 0 fully saturated rings. The number of hydrogen-bond acceptors (Lipinski definition) is 5. The lowest BCUT2D eigenvalue weighted by Crippen LogP contribution is -2.15. The lowest BCUT2D eigenvalue weighted by Gasteiger charge is -2.11. The Labute approximate surface area is 171 Å². The molecule has 0 aliphatic rings. The van der Waals surface area contributed by atoms with Crippen molar-refractivity contribution in [2.45, 2.75) is 6.92 Å². The molecular formula is C21H17N5O2S. The van der Waals surface area contributed by atoms with Crippen LogP contribution in [0.4, 0.5) is 11.4 Å². The van der Waals surface area contributed by atoms with Gasteiger partial charge in [-0.05, 0) is 54.3 Å². The third kappa shape index (κ3) is 4.22. The summed E-state index contributed by atoms with van der Waals surface area (Å²) < 4.78 is 1.69. The zero-order chi connectivity index (χ0) is 20.2. The molecule has 0 radical (unpaired) electrons. The Morgan fingerprint density at radius 3 is 2.52 bits per heavy atom. The molecule has 0 aliphatic heterocycles. The normalized spacial score (nSPS) is 10.5. The lowest BCUT2D eigenvalue weighted by molar-refractivity contribution is 0.102. The van der Waals surface area contributed by atoms with Crippen molar-refractivity contribution in [3.63, 3.8) is 0 Å². The molecule has 0 atom stereocenters. The fraction of sp³-hybridized carbons (Fsp3) is 0.0476. The Balaban J connectivity index is 1.48. The number of carbonyl (C=O) groups excluding carboxylic acids is 2. The summed E-state index contributed by atoms with van der Waals surface area (Å²) in [7, 11) is 0. The summed E-state index contributed by atoms with van der Waals surface area (Å²) in [5.41, 5.74) is 3.37. The Bertz CT molecular complexity index is 1150. The summed E-state index contributed by atoms with van der Waals surface area (Å²) in [6, 6.07) is 12.1. The second-order valence-corrected chi connectivity index (χ2v) is 7.27. The Kier molecular flexibility index (Phi) is 5.17. The monoisotopic (exact) mass is 403 g/mol. The largest absolute Gasteiger partial charge is 0.321 e. The minimum Gasteiger partial charge on any atom is -0.321 e. The number of aryl methyl sites for hydroxylation is 1. The lowest BCUT2D eigenvalue weighted by atomic mass is 10.2. The molecule has 7 nitrogen and oxygen atoms in total. The molecule has 0 aliphatic carbocycles. The van der Waals surface area contributed by atoms with E-state index in [1.807, 2.05) is 24.6 Å². The van der Waals surface area contributed by atoms with Gasteiger partial charge in [0, 0.05) is 23.6 Å². The highest BCUT2D eigenvalue weighted by molar-refractivity contribution is 7.12. The first-order valence-electron chi connectivity index (χ1n) is 8.82. The number of amides is 2. The maximum absolute atomic E-state index is 12.7. The molecule has 3 aromatic heterocycles. The van der Waals surface area contributed by atoms with Crippen molar-refractivity contribution in [1.82, 2.24) is 14.8 Å². The molecule has 4 rings (SSSR count). The van der Waals surface area contributed by atoms with Crippen LogP contribution in [0, 0.1) is 6.92 Å². The van der Waals surface area contributed by atoms with Gasteiger partial charge in [-0.1, -0.05) is 6.07 Å². The quantitative estimate of drug-likeness (QED) is 0.524. The number of rotatable bonds is 5. The van der Waals surface area contributed by atoms with Crippen molar-refractivity contribution >= 4 is 34.5 Å². The topological polar surface area (TPSA) is 88.9 Å². The van der Waals surface area contributed by atoms with Gasteiger partial charge in [0.05, 0.1) is 28.6 Å². The van der Waals surface area contributed by atoms with Crippen LogP contribution in [0.3, 0.4) is 0 Å². The molecular weight excluding hydrogens is 386 g/mol. The Morgan fingerprint density at radius 2 is 1.83 bits per heavy atom. The second kappa shape index (κ2) is 8.07. The SMILES string of the molecule is Cc1cnn(-c2ccncc2NC(=O)c2ccc(NC(=O)c3cccs3)cc2)c1. The molecule has 4 aromatic rings. The van der Waals surface area contributed by atoms with Crippen molar-refractivity contribution < 1.29 is 9.59 Å². The second-order valence-electron chi connectivity index (χ2n) is 6.32. The average molecular weight is 403 g/mol. The van der Waals surface area contributed by atoms with E-state index in [9.17, 15) is 9.59 Å². The molecule has 3 heterocycles. The molecule has 144 valence electrons. The van der Waals surface area contributed by atoms with Gasteiger partial charge in [-0.2, -0.15) is 5.10 Å². The summed E-state index contributed by atoms with van der Waals surface area (Å²) in [6.45, 7) is 1.95. The van der Waals surface area contributed by atoms with Gasteiger partial charge < -0.3 is 10.6 Å². The number of benzene rings is 1. The first-order valence-corrected chi connectivity index (χ1v) is 9.70. The molecule has 0 spiro atoms. The van der Waals surface area contributed by atoms with Gasteiger partial charge in [0.15, 0.2) is 0 Å². The molecule has 29 heavy (non-hydrogen) atoms. The van der Waals surface area contributed by atoms with Crippen molar-refractivity contribution in [2.24, 2.45) is 0 Å². The minimum atomic E-state index is -0.278. The molecule has 1 aromatic carbocycles. The predicted octanol–water partition coefficient (Wildman–Crippen LogP) is 4.14. The van der Waals surface area contributed by atoms with Crippen LogP contribution < -0.4 is 10.6 Å². The van der Waals surface area contributed by atoms with E-state index in [1.54, 1.807) is 59.7 Å². The number of carbonyl (C=O) groups is 2. The number of thiophene rings is 1. The number of nitrogens with zero attached hydrogens (tertiary/aromatic N) is 3. The number of hydrogen-bond donors (Lipinski definition) is 2. The first-order chi connectivity index (χ1) is 14.1. The zero-order valence-corrected chi connectivity index (χ0v) is 16.3. The Hall–Kier alpha value is -3.78. The van der Waals surface area contributed by atoms with E-state index in [0.717, 1.165) is 11.3 Å². The van der Waals surface area contributed by atoms with Crippen LogP contribution in [0.5, 0.6) is 0 Å². The van der Waals surface area contributed by atoms with Gasteiger partial charge in [-0.15, -0.1) is 11.3 Å². The van der Waals surface area contributed by atoms with E-state index < -0.39 is 0 Å². The van der Waals surface area contributed by atoms with Crippen LogP contribution in [-0.2, 0) is 0 Å². The fourth-order valence-corrected chi connectivity index (χ4v) is 3.35. The molecule has 0 saturated carbocycles. The van der Waals surface area contributed by atoms with Gasteiger partial charge in [0.1, 0.15) is 0 Å². The molecule has 0 bridgehead atoms. The predicted molar refractivity (Wildman–Crippen MR) is 113 cm³/mol. The van der Waals surface area contributed by atoms with E-state index in [0.29, 0.717) is 21.8 Å². The van der Waals surface area contributed by atoms with Crippen LogP contribution in [0.25, 0.3) is 5.69 Å². The van der Waals surface area contributed by atoms with Crippen molar-refractivity contribution in [2.75, 3.05) is 10.6 Å². The van der Waals surface area contributed by atoms with E-state index in [2.05, 4.69) is 20.7 Å². The van der Waals surface area contributed by atoms with Gasteiger partial charge >= 0.3 is 0 Å². The highest BCUT2D eigenvalue weighted by atomic mass is 32.1. The molecule has 2 amide bonds. The van der Waals surface area contributed by atoms with Crippen LogP contribution in [-0.4, -0.2) is 26.6 Å². The third-order valence-electron chi connectivity index (χ3n) is 4.15. The van der Waals surface area contributed by atoms with E-state index in [-0.39, 0.29) is 11.8 Å². The maximum Gasteiger partial charge on any atom is 0.265 e. The molecule has 0 unspecified atom stereocenters. The van der Waals surface area contributed by atoms with Crippen molar-refractivity contribution in [3.05, 3.63) is 88.6 Å². The average Bonchev–Trinajstić information content (AvgIpc) is 3.41. The number of anilines is 2. The van der Waals surface area contributed by atoms with Crippen molar-refractivity contribution in [1.29, 1.82) is 0 Å². The number of aromatic nitrogens is 3. The van der Waals surface area contributed by atoms with E-state index >= 15 is 0 Å². The fourth-order valence-electron chi connectivity index (χ4n) is 2.73. The van der Waals surface area contributed by atoms with Crippen molar-refractivity contribution in [3.8, 4) is 5.69 Å². The van der Waals surface area contributed by atoms with Gasteiger partial charge in [-0.25, -0.2) is 4.68 Å². The van der Waals surface area contributed by atoms with E-state index in [4.69, 9.17) is 0 Å². The summed E-state index contributed by atoms with van der Waals surface area (Å²) in [5, 5.41) is 11.8. The van der Waals surface area contributed by atoms with Gasteiger partial charge in [-0.3, -0.25) is 14.6 Å². The zero-order valence-electron chi connectivity index (χ0n) is 15.5. The third-order valence-corrected chi connectivity index (χ3v) is 5.02. The summed E-state index contributed by atoms with van der Waals surface area (Å²) in [6.07, 6.45) is 6.85. The standard InChI is InChI=1S/C21H17N5O2S/c1-14-11-23-26(13-14)18-8-9-22-12-17(18)25-20(27)15-4-6-16(7-5-15)24-21(28)19-3-2-10-29-19/h2-13H,1H3,(H,24,28)(H,25,27). The molecule has 8 heteroatoms. The first kappa shape index (κ1) is 18.6. The summed E-state index contributed by atoms with van der Waals surface area (Å²) in [5.74, 6) is -0.453. The highest BCUT2D eigenvalue weighted by Gasteiger charge is 2.12. The van der Waals surface area contributed by atoms with Gasteiger partial charge in [0.25, 0.3) is 11.8 Å². The highest BCUT2D eigenvalue weighted by Crippen LogP contribution is 2.20. The van der Waals surface area contributed by atoms with Crippen LogP contribution in [0.1, 0.15) is 25.6 Å². The van der Waals surface area contributed by atoms with Crippen LogP contribution in [0.15, 0.2) is 72.6 Å². The van der Waals surface area contributed by atoms with E-state index in [1.165, 1.54) is 11.3 Å². The van der Waals surface area contributed by atoms with Crippen LogP contribution >= 0.6 is 11.3 Å². The number of nitrogens with one attached hydrogen (secondary N) is 2. The minimum absolute atomic E-state index is 0.174. The smallest absolute Gasteiger partial charge is 0.265 e. The maximum atomic E-state index is 12.7. The van der Waals surface area contributed by atoms with Crippen LogP contribution in [0.2, 0.25) is 0 Å². The Morgan fingerprint density at radius 1 is 1.00 bits per heavy atom. The summed E-state index contributed by atoms with van der Waals surface area (Å²) >= 11 is 1.37. The van der Waals surface area contributed by atoms with Gasteiger partial charge in [0.2, 0.25) is 0 Å². The molecule has 2 N–H and O–H groups in total. The number of pyridine rings is 1. The molecule has 0 saturated heterocycles.